The van der Waals surface area contributed by atoms with E-state index in [0.29, 0.717) is 30.1 Å². The van der Waals surface area contributed by atoms with Crippen molar-refractivity contribution in [1.82, 2.24) is 25.0 Å². The Hall–Kier alpha value is -2.41. The number of carbonyl (C=O) groups is 2. The quantitative estimate of drug-likeness (QED) is 0.791. The van der Waals surface area contributed by atoms with Crippen molar-refractivity contribution in [3.05, 3.63) is 46.5 Å². The summed E-state index contributed by atoms with van der Waals surface area (Å²) < 4.78 is 2.29. The van der Waals surface area contributed by atoms with Gasteiger partial charge in [0.25, 0.3) is 5.91 Å². The Labute approximate surface area is 181 Å². The van der Waals surface area contributed by atoms with Crippen LogP contribution < -0.4 is 5.32 Å². The van der Waals surface area contributed by atoms with Gasteiger partial charge in [0.05, 0.1) is 0 Å². The van der Waals surface area contributed by atoms with E-state index in [1.54, 1.807) is 24.3 Å². The predicted octanol–water partition coefficient (Wildman–Crippen LogP) is 3.18. The summed E-state index contributed by atoms with van der Waals surface area (Å²) in [6.45, 7) is 2.75. The lowest BCUT2D eigenvalue weighted by Gasteiger charge is -2.32. The molecule has 1 aromatic heterocycles. The van der Waals surface area contributed by atoms with Crippen LogP contribution in [0.15, 0.2) is 24.3 Å². The highest BCUT2D eigenvalue weighted by molar-refractivity contribution is 6.30. The summed E-state index contributed by atoms with van der Waals surface area (Å²) in [5, 5.41) is 12.3. The number of aryl methyl sites for hydroxylation is 1. The van der Waals surface area contributed by atoms with E-state index < -0.39 is 0 Å². The van der Waals surface area contributed by atoms with Gasteiger partial charge in [0, 0.05) is 55.5 Å². The molecule has 0 saturated carbocycles. The Balaban J connectivity index is 1.30. The standard InChI is InChI=1S/C22H28ClN5O2/c23-18-9-7-16(8-10-18)22(30)24-12-11-20(29)27-13-4-5-17(15-27)21-26-25-19-6-2-1-3-14-28(19)21/h7-10,17H,1-6,11-15H2,(H,24,30). The Morgan fingerprint density at radius 2 is 1.90 bits per heavy atom. The van der Waals surface area contributed by atoms with E-state index in [1.807, 2.05) is 4.90 Å². The first-order chi connectivity index (χ1) is 14.6. The molecule has 0 spiro atoms. The number of aromatic nitrogens is 3. The number of fused-ring (bicyclic) bond motifs is 1. The lowest BCUT2D eigenvalue weighted by molar-refractivity contribution is -0.132. The number of amides is 2. The molecule has 4 rings (SSSR count). The molecule has 1 unspecified atom stereocenters. The fourth-order valence-corrected chi connectivity index (χ4v) is 4.49. The lowest BCUT2D eigenvalue weighted by atomic mass is 9.96. The first-order valence-corrected chi connectivity index (χ1v) is 11.2. The molecule has 0 bridgehead atoms. The highest BCUT2D eigenvalue weighted by Gasteiger charge is 2.29. The van der Waals surface area contributed by atoms with Crippen LogP contribution in [0.1, 0.15) is 66.4 Å². The zero-order valence-corrected chi connectivity index (χ0v) is 17.9. The Morgan fingerprint density at radius 3 is 2.73 bits per heavy atom. The van der Waals surface area contributed by atoms with Gasteiger partial charge >= 0.3 is 0 Å². The maximum absolute atomic E-state index is 12.7. The number of benzene rings is 1. The van der Waals surface area contributed by atoms with Gasteiger partial charge < -0.3 is 14.8 Å². The number of halogens is 1. The molecule has 8 heteroatoms. The van der Waals surface area contributed by atoms with Crippen LogP contribution in [0.4, 0.5) is 0 Å². The van der Waals surface area contributed by atoms with E-state index in [2.05, 4.69) is 20.1 Å². The average Bonchev–Trinajstić information content (AvgIpc) is 3.02. The molecule has 1 aromatic carbocycles. The van der Waals surface area contributed by atoms with Gasteiger partial charge in [0.15, 0.2) is 0 Å². The number of nitrogens with one attached hydrogen (secondary N) is 1. The molecule has 2 amide bonds. The third-order valence-corrected chi connectivity index (χ3v) is 6.26. The highest BCUT2D eigenvalue weighted by Crippen LogP contribution is 2.28. The molecule has 3 heterocycles. The molecule has 1 saturated heterocycles. The predicted molar refractivity (Wildman–Crippen MR) is 115 cm³/mol. The smallest absolute Gasteiger partial charge is 0.251 e. The van der Waals surface area contributed by atoms with Gasteiger partial charge in [-0.3, -0.25) is 9.59 Å². The molecule has 2 aliphatic heterocycles. The zero-order chi connectivity index (χ0) is 20.9. The zero-order valence-electron chi connectivity index (χ0n) is 17.1. The van der Waals surface area contributed by atoms with Crippen molar-refractivity contribution in [2.75, 3.05) is 19.6 Å². The van der Waals surface area contributed by atoms with Crippen LogP contribution in [-0.4, -0.2) is 51.1 Å². The number of nitrogens with zero attached hydrogens (tertiary/aromatic N) is 4. The Bertz CT molecular complexity index is 895. The van der Waals surface area contributed by atoms with Crippen LogP contribution in [0.3, 0.4) is 0 Å². The highest BCUT2D eigenvalue weighted by atomic mass is 35.5. The van der Waals surface area contributed by atoms with Crippen LogP contribution in [-0.2, 0) is 17.8 Å². The van der Waals surface area contributed by atoms with Crippen LogP contribution >= 0.6 is 11.6 Å². The SMILES string of the molecule is O=C(NCCC(=O)N1CCCC(c2nnc3n2CCCCC3)C1)c1ccc(Cl)cc1. The van der Waals surface area contributed by atoms with Gasteiger partial charge in [0.2, 0.25) is 5.91 Å². The van der Waals surface area contributed by atoms with E-state index in [1.165, 1.54) is 19.3 Å². The molecule has 160 valence electrons. The third kappa shape index (κ3) is 4.83. The van der Waals surface area contributed by atoms with Crippen molar-refractivity contribution in [2.45, 2.75) is 57.4 Å². The fourth-order valence-electron chi connectivity index (χ4n) is 4.37. The van der Waals surface area contributed by atoms with Gasteiger partial charge in [-0.1, -0.05) is 18.0 Å². The van der Waals surface area contributed by atoms with Crippen molar-refractivity contribution in [3.63, 3.8) is 0 Å². The number of piperidine rings is 1. The van der Waals surface area contributed by atoms with Crippen LogP contribution in [0, 0.1) is 0 Å². The number of hydrogen-bond donors (Lipinski definition) is 1. The topological polar surface area (TPSA) is 80.1 Å². The second-order valence-electron chi connectivity index (χ2n) is 8.13. The van der Waals surface area contributed by atoms with Gasteiger partial charge in [-0.25, -0.2) is 0 Å². The maximum atomic E-state index is 12.7. The molecule has 0 aliphatic carbocycles. The molecular formula is C22H28ClN5O2. The Kier molecular flexibility index (Phi) is 6.67. The normalized spacial score (nSPS) is 19.1. The third-order valence-electron chi connectivity index (χ3n) is 6.01. The molecule has 30 heavy (non-hydrogen) atoms. The Morgan fingerprint density at radius 1 is 1.07 bits per heavy atom. The second kappa shape index (κ2) is 9.60. The van der Waals surface area contributed by atoms with Crippen molar-refractivity contribution in [1.29, 1.82) is 0 Å². The second-order valence-corrected chi connectivity index (χ2v) is 8.56. The van der Waals surface area contributed by atoms with Gasteiger partial charge in [-0.15, -0.1) is 10.2 Å². The fraction of sp³-hybridized carbons (Fsp3) is 0.545. The van der Waals surface area contributed by atoms with Crippen LogP contribution in [0.5, 0.6) is 0 Å². The first-order valence-electron chi connectivity index (χ1n) is 10.9. The van der Waals surface area contributed by atoms with E-state index in [0.717, 1.165) is 44.0 Å². The van der Waals surface area contributed by atoms with E-state index in [4.69, 9.17) is 11.6 Å². The molecule has 1 atom stereocenters. The van der Waals surface area contributed by atoms with Crippen molar-refractivity contribution >= 4 is 23.4 Å². The first kappa shape index (κ1) is 20.8. The summed E-state index contributed by atoms with van der Waals surface area (Å²) >= 11 is 5.85. The minimum absolute atomic E-state index is 0.0757. The summed E-state index contributed by atoms with van der Waals surface area (Å²) in [5.74, 6) is 2.26. The van der Waals surface area contributed by atoms with Crippen LogP contribution in [0.2, 0.25) is 5.02 Å². The molecule has 7 nitrogen and oxygen atoms in total. The minimum atomic E-state index is -0.192. The molecular weight excluding hydrogens is 402 g/mol. The van der Waals surface area contributed by atoms with Crippen molar-refractivity contribution in [2.24, 2.45) is 0 Å². The van der Waals surface area contributed by atoms with Gasteiger partial charge in [-0.2, -0.15) is 0 Å². The van der Waals surface area contributed by atoms with Crippen molar-refractivity contribution in [3.8, 4) is 0 Å². The summed E-state index contributed by atoms with van der Waals surface area (Å²) in [5.41, 5.74) is 0.539. The lowest BCUT2D eigenvalue weighted by Crippen LogP contribution is -2.41. The van der Waals surface area contributed by atoms with Gasteiger partial charge in [0.1, 0.15) is 11.6 Å². The summed E-state index contributed by atoms with van der Waals surface area (Å²) in [4.78, 5) is 26.8. The molecule has 0 radical (unpaired) electrons. The van der Waals surface area contributed by atoms with E-state index in [9.17, 15) is 9.59 Å². The number of rotatable bonds is 5. The molecule has 1 fully saturated rings. The molecule has 2 aromatic rings. The summed E-state index contributed by atoms with van der Waals surface area (Å²) in [6.07, 6.45) is 6.88. The molecule has 1 N–H and O–H groups in total. The number of likely N-dealkylation sites (tertiary alicyclic amines) is 1. The maximum Gasteiger partial charge on any atom is 0.251 e. The van der Waals surface area contributed by atoms with Gasteiger partial charge in [-0.05, 0) is 49.9 Å². The van der Waals surface area contributed by atoms with Crippen molar-refractivity contribution < 1.29 is 9.59 Å². The molecule has 2 aliphatic rings. The number of hydrogen-bond acceptors (Lipinski definition) is 4. The number of carbonyl (C=O) groups excluding carboxylic acids is 2. The van der Waals surface area contributed by atoms with Crippen LogP contribution in [0.25, 0.3) is 0 Å². The summed E-state index contributed by atoms with van der Waals surface area (Å²) in [6, 6.07) is 6.72. The summed E-state index contributed by atoms with van der Waals surface area (Å²) in [7, 11) is 0. The largest absolute Gasteiger partial charge is 0.352 e. The minimum Gasteiger partial charge on any atom is -0.352 e. The van der Waals surface area contributed by atoms with E-state index >= 15 is 0 Å². The van der Waals surface area contributed by atoms with E-state index in [-0.39, 0.29) is 17.7 Å². The average molecular weight is 430 g/mol. The monoisotopic (exact) mass is 429 g/mol.